The molecule has 1 aromatic carbocycles. The van der Waals surface area contributed by atoms with Gasteiger partial charge in [0, 0.05) is 38.0 Å². The first-order chi connectivity index (χ1) is 9.36. The Morgan fingerprint density at radius 1 is 1.26 bits per heavy atom. The van der Waals surface area contributed by atoms with Crippen LogP contribution in [0.3, 0.4) is 0 Å². The van der Waals surface area contributed by atoms with E-state index < -0.39 is 0 Å². The van der Waals surface area contributed by atoms with Gasteiger partial charge in [-0.15, -0.1) is 0 Å². The normalized spacial score (nSPS) is 17.1. The van der Waals surface area contributed by atoms with E-state index >= 15 is 0 Å². The molecular weight excluding hydrogens is 236 g/mol. The van der Waals surface area contributed by atoms with Crippen LogP contribution in [0.1, 0.15) is 18.4 Å². The van der Waals surface area contributed by atoms with Gasteiger partial charge in [-0.1, -0.05) is 6.07 Å². The minimum Gasteiger partial charge on any atom is -0.381 e. The number of benzene rings is 1. The molecule has 0 atom stereocenters. The molecule has 3 rings (SSSR count). The molecule has 102 valence electrons. The highest BCUT2D eigenvalue weighted by molar-refractivity contribution is 5.80. The fourth-order valence-corrected chi connectivity index (χ4v) is 2.93. The molecule has 0 aliphatic carbocycles. The smallest absolute Gasteiger partial charge is 0.0480 e. The van der Waals surface area contributed by atoms with Gasteiger partial charge in [-0.05, 0) is 55.0 Å². The maximum atomic E-state index is 5.43. The number of aromatic nitrogens is 1. The quantitative estimate of drug-likeness (QED) is 0.912. The minimum atomic E-state index is 0.765. The SMILES string of the molecule is CNCc1ccc2c(ccn2CC2CCOCC2)c1. The van der Waals surface area contributed by atoms with Crippen molar-refractivity contribution in [3.05, 3.63) is 36.0 Å². The summed E-state index contributed by atoms with van der Waals surface area (Å²) in [6, 6.07) is 8.99. The van der Waals surface area contributed by atoms with Crippen molar-refractivity contribution in [2.75, 3.05) is 20.3 Å². The van der Waals surface area contributed by atoms with Crippen molar-refractivity contribution in [2.45, 2.75) is 25.9 Å². The van der Waals surface area contributed by atoms with Gasteiger partial charge < -0.3 is 14.6 Å². The molecule has 0 saturated carbocycles. The van der Waals surface area contributed by atoms with Crippen molar-refractivity contribution < 1.29 is 4.74 Å². The number of nitrogens with zero attached hydrogens (tertiary/aromatic N) is 1. The Kier molecular flexibility index (Phi) is 3.85. The molecule has 0 radical (unpaired) electrons. The maximum absolute atomic E-state index is 5.43. The monoisotopic (exact) mass is 258 g/mol. The van der Waals surface area contributed by atoms with E-state index in [0.29, 0.717) is 0 Å². The zero-order chi connectivity index (χ0) is 13.1. The molecule has 0 amide bonds. The highest BCUT2D eigenvalue weighted by Gasteiger charge is 2.15. The van der Waals surface area contributed by atoms with Crippen LogP contribution in [0.25, 0.3) is 10.9 Å². The molecule has 19 heavy (non-hydrogen) atoms. The molecule has 1 aliphatic rings. The van der Waals surface area contributed by atoms with Crippen molar-refractivity contribution in [1.29, 1.82) is 0 Å². The second kappa shape index (κ2) is 5.76. The van der Waals surface area contributed by atoms with Crippen LogP contribution < -0.4 is 5.32 Å². The third kappa shape index (κ3) is 2.82. The predicted octanol–water partition coefficient (Wildman–Crippen LogP) is 2.79. The molecule has 2 heterocycles. The lowest BCUT2D eigenvalue weighted by Crippen LogP contribution is -2.20. The average molecular weight is 258 g/mol. The van der Waals surface area contributed by atoms with Crippen LogP contribution in [0.2, 0.25) is 0 Å². The number of rotatable bonds is 4. The van der Waals surface area contributed by atoms with E-state index in [0.717, 1.165) is 32.2 Å². The molecule has 2 aromatic rings. The van der Waals surface area contributed by atoms with Crippen molar-refractivity contribution in [3.8, 4) is 0 Å². The second-order valence-corrected chi connectivity index (χ2v) is 5.45. The van der Waals surface area contributed by atoms with E-state index in [9.17, 15) is 0 Å². The van der Waals surface area contributed by atoms with Crippen LogP contribution in [-0.2, 0) is 17.8 Å². The van der Waals surface area contributed by atoms with Crippen LogP contribution in [-0.4, -0.2) is 24.8 Å². The zero-order valence-electron chi connectivity index (χ0n) is 11.6. The summed E-state index contributed by atoms with van der Waals surface area (Å²) < 4.78 is 7.83. The standard InChI is InChI=1S/C16H22N2O/c1-17-11-14-2-3-16-15(10-14)4-7-18(16)12-13-5-8-19-9-6-13/h2-4,7,10,13,17H,5-6,8-9,11-12H2,1H3. The zero-order valence-corrected chi connectivity index (χ0v) is 11.6. The lowest BCUT2D eigenvalue weighted by molar-refractivity contribution is 0.0616. The van der Waals surface area contributed by atoms with Gasteiger partial charge in [-0.2, -0.15) is 0 Å². The minimum absolute atomic E-state index is 0.765. The predicted molar refractivity (Wildman–Crippen MR) is 78.2 cm³/mol. The fraction of sp³-hybridized carbons (Fsp3) is 0.500. The molecule has 1 aromatic heterocycles. The summed E-state index contributed by atoms with van der Waals surface area (Å²) in [6.07, 6.45) is 4.61. The molecule has 0 spiro atoms. The van der Waals surface area contributed by atoms with Crippen LogP contribution >= 0.6 is 0 Å². The van der Waals surface area contributed by atoms with Gasteiger partial charge >= 0.3 is 0 Å². The molecule has 1 N–H and O–H groups in total. The van der Waals surface area contributed by atoms with Gasteiger partial charge in [0.1, 0.15) is 0 Å². The topological polar surface area (TPSA) is 26.2 Å². The van der Waals surface area contributed by atoms with Crippen LogP contribution in [0.5, 0.6) is 0 Å². The van der Waals surface area contributed by atoms with Crippen molar-refractivity contribution >= 4 is 10.9 Å². The number of hydrogen-bond acceptors (Lipinski definition) is 2. The van der Waals surface area contributed by atoms with E-state index in [2.05, 4.69) is 40.3 Å². The van der Waals surface area contributed by atoms with Gasteiger partial charge in [0.15, 0.2) is 0 Å². The van der Waals surface area contributed by atoms with E-state index in [4.69, 9.17) is 4.74 Å². The van der Waals surface area contributed by atoms with E-state index in [-0.39, 0.29) is 0 Å². The summed E-state index contributed by atoms with van der Waals surface area (Å²) in [5.74, 6) is 0.765. The number of ether oxygens (including phenoxy) is 1. The summed E-state index contributed by atoms with van der Waals surface area (Å²) in [5.41, 5.74) is 2.70. The first kappa shape index (κ1) is 12.7. The van der Waals surface area contributed by atoms with Crippen molar-refractivity contribution in [1.82, 2.24) is 9.88 Å². The van der Waals surface area contributed by atoms with Gasteiger partial charge in [-0.25, -0.2) is 0 Å². The van der Waals surface area contributed by atoms with E-state index in [1.54, 1.807) is 0 Å². The molecular formula is C16H22N2O. The molecule has 1 saturated heterocycles. The Morgan fingerprint density at radius 3 is 2.89 bits per heavy atom. The number of hydrogen-bond donors (Lipinski definition) is 1. The highest BCUT2D eigenvalue weighted by atomic mass is 16.5. The first-order valence-corrected chi connectivity index (χ1v) is 7.17. The first-order valence-electron chi connectivity index (χ1n) is 7.17. The maximum Gasteiger partial charge on any atom is 0.0480 e. The van der Waals surface area contributed by atoms with E-state index in [1.807, 2.05) is 7.05 Å². The Balaban J connectivity index is 1.80. The summed E-state index contributed by atoms with van der Waals surface area (Å²) in [5, 5.41) is 4.55. The molecule has 3 nitrogen and oxygen atoms in total. The van der Waals surface area contributed by atoms with Crippen LogP contribution in [0.4, 0.5) is 0 Å². The van der Waals surface area contributed by atoms with Gasteiger partial charge in [0.25, 0.3) is 0 Å². The summed E-state index contributed by atoms with van der Waals surface area (Å²) in [7, 11) is 1.99. The van der Waals surface area contributed by atoms with Crippen LogP contribution in [0, 0.1) is 5.92 Å². The fourth-order valence-electron chi connectivity index (χ4n) is 2.93. The largest absolute Gasteiger partial charge is 0.381 e. The van der Waals surface area contributed by atoms with Crippen molar-refractivity contribution in [3.63, 3.8) is 0 Å². The van der Waals surface area contributed by atoms with Crippen LogP contribution in [0.15, 0.2) is 30.5 Å². The molecule has 3 heteroatoms. The van der Waals surface area contributed by atoms with Crippen molar-refractivity contribution in [2.24, 2.45) is 5.92 Å². The lowest BCUT2D eigenvalue weighted by atomic mass is 10.0. The highest BCUT2D eigenvalue weighted by Crippen LogP contribution is 2.22. The lowest BCUT2D eigenvalue weighted by Gasteiger charge is -2.22. The molecule has 0 bridgehead atoms. The molecule has 0 unspecified atom stereocenters. The summed E-state index contributed by atoms with van der Waals surface area (Å²) >= 11 is 0. The summed E-state index contributed by atoms with van der Waals surface area (Å²) in [4.78, 5) is 0. The summed E-state index contributed by atoms with van der Waals surface area (Å²) in [6.45, 7) is 3.91. The third-order valence-corrected chi connectivity index (χ3v) is 4.01. The van der Waals surface area contributed by atoms with Gasteiger partial charge in [0.2, 0.25) is 0 Å². The molecule has 1 fully saturated rings. The Labute approximate surface area is 114 Å². The Bertz CT molecular complexity index is 541. The molecule has 1 aliphatic heterocycles. The Morgan fingerprint density at radius 2 is 2.11 bits per heavy atom. The number of nitrogens with one attached hydrogen (secondary N) is 1. The Hall–Kier alpha value is -1.32. The average Bonchev–Trinajstić information content (AvgIpc) is 2.83. The van der Waals surface area contributed by atoms with Gasteiger partial charge in [0.05, 0.1) is 0 Å². The second-order valence-electron chi connectivity index (χ2n) is 5.45. The van der Waals surface area contributed by atoms with E-state index in [1.165, 1.54) is 29.3 Å². The van der Waals surface area contributed by atoms with Gasteiger partial charge in [-0.3, -0.25) is 0 Å². The number of fused-ring (bicyclic) bond motifs is 1. The third-order valence-electron chi connectivity index (χ3n) is 4.01.